The predicted molar refractivity (Wildman–Crippen MR) is 108 cm³/mol. The van der Waals surface area contributed by atoms with Gasteiger partial charge in [-0.15, -0.1) is 0 Å². The molecule has 2 saturated heterocycles. The van der Waals surface area contributed by atoms with Crippen molar-refractivity contribution in [2.45, 2.75) is 6.04 Å². The van der Waals surface area contributed by atoms with Gasteiger partial charge in [0, 0.05) is 24.3 Å². The maximum Gasteiger partial charge on any atom is 0.285 e. The fraction of sp³-hybridized carbons (Fsp3) is 0.409. The van der Waals surface area contributed by atoms with E-state index in [2.05, 4.69) is 17.0 Å². The van der Waals surface area contributed by atoms with E-state index in [1.165, 1.54) is 4.90 Å². The number of hydrogen-bond acceptors (Lipinski definition) is 4. The number of amides is 1. The summed E-state index contributed by atoms with van der Waals surface area (Å²) in [5.74, 6) is 0.496. The van der Waals surface area contributed by atoms with Gasteiger partial charge in [-0.05, 0) is 24.3 Å². The first-order valence-electron chi connectivity index (χ1n) is 10.0. The van der Waals surface area contributed by atoms with Crippen molar-refractivity contribution in [3.8, 4) is 5.75 Å². The number of phenols is 1. The minimum Gasteiger partial charge on any atom is -0.508 e. The van der Waals surface area contributed by atoms with Crippen molar-refractivity contribution in [2.24, 2.45) is 0 Å². The molecule has 148 valence electrons. The normalized spacial score (nSPS) is 19.4. The van der Waals surface area contributed by atoms with Gasteiger partial charge in [-0.1, -0.05) is 30.3 Å². The zero-order valence-corrected chi connectivity index (χ0v) is 16.1. The fourth-order valence-electron chi connectivity index (χ4n) is 4.17. The second-order valence-electron chi connectivity index (χ2n) is 7.44. The molecule has 6 heteroatoms. The maximum atomic E-state index is 13.4. The van der Waals surface area contributed by atoms with Crippen LogP contribution in [-0.4, -0.2) is 68.4 Å². The summed E-state index contributed by atoms with van der Waals surface area (Å²) in [6.45, 7) is 6.17. The third-order valence-electron chi connectivity index (χ3n) is 5.73. The number of morpholine rings is 1. The molecule has 0 aromatic heterocycles. The van der Waals surface area contributed by atoms with Crippen LogP contribution in [0.3, 0.4) is 0 Å². The molecule has 0 spiro atoms. The highest BCUT2D eigenvalue weighted by molar-refractivity contribution is 5.82. The van der Waals surface area contributed by atoms with E-state index in [0.717, 1.165) is 37.4 Å². The van der Waals surface area contributed by atoms with Crippen LogP contribution in [0.5, 0.6) is 5.75 Å². The third kappa shape index (κ3) is 4.13. The average Bonchev–Trinajstić information content (AvgIpc) is 2.76. The molecule has 2 aromatic rings. The van der Waals surface area contributed by atoms with E-state index >= 15 is 0 Å². The van der Waals surface area contributed by atoms with Crippen LogP contribution in [0.4, 0.5) is 5.69 Å². The number of aromatic hydroxyl groups is 1. The van der Waals surface area contributed by atoms with Gasteiger partial charge >= 0.3 is 0 Å². The smallest absolute Gasteiger partial charge is 0.285 e. The van der Waals surface area contributed by atoms with E-state index in [-0.39, 0.29) is 17.7 Å². The van der Waals surface area contributed by atoms with Gasteiger partial charge in [0.05, 0.1) is 39.4 Å². The topological polar surface area (TPSA) is 57.5 Å². The Kier molecular flexibility index (Phi) is 5.78. The summed E-state index contributed by atoms with van der Waals surface area (Å²) in [4.78, 5) is 19.0. The summed E-state index contributed by atoms with van der Waals surface area (Å²) in [6.07, 6.45) is 0. The molecule has 2 heterocycles. The van der Waals surface area contributed by atoms with Crippen molar-refractivity contribution in [1.82, 2.24) is 4.90 Å². The Bertz CT molecular complexity index is 767. The van der Waals surface area contributed by atoms with E-state index < -0.39 is 0 Å². The molecule has 4 rings (SSSR count). The molecule has 1 atom stereocenters. The molecular formula is C22H28N3O3+. The molecule has 2 aromatic carbocycles. The Morgan fingerprint density at radius 2 is 1.57 bits per heavy atom. The molecule has 0 aliphatic carbocycles. The van der Waals surface area contributed by atoms with Crippen molar-refractivity contribution in [3.05, 3.63) is 60.2 Å². The van der Waals surface area contributed by atoms with Crippen molar-refractivity contribution in [1.29, 1.82) is 0 Å². The summed E-state index contributed by atoms with van der Waals surface area (Å²) in [5, 5.41) is 9.51. The highest BCUT2D eigenvalue weighted by Crippen LogP contribution is 2.19. The monoisotopic (exact) mass is 382 g/mol. The summed E-state index contributed by atoms with van der Waals surface area (Å²) in [6, 6.07) is 17.4. The lowest BCUT2D eigenvalue weighted by Gasteiger charge is -2.39. The highest BCUT2D eigenvalue weighted by atomic mass is 16.5. The number of benzene rings is 2. The third-order valence-corrected chi connectivity index (χ3v) is 5.73. The lowest BCUT2D eigenvalue weighted by Crippen LogP contribution is -3.16. The number of quaternary nitrogens is 1. The molecule has 1 amide bonds. The van der Waals surface area contributed by atoms with Gasteiger partial charge in [0.25, 0.3) is 5.91 Å². The second kappa shape index (κ2) is 8.63. The van der Waals surface area contributed by atoms with E-state index in [1.807, 2.05) is 35.2 Å². The molecule has 28 heavy (non-hydrogen) atoms. The Morgan fingerprint density at radius 3 is 2.21 bits per heavy atom. The van der Waals surface area contributed by atoms with E-state index in [1.54, 1.807) is 12.1 Å². The minimum atomic E-state index is -0.165. The van der Waals surface area contributed by atoms with Crippen LogP contribution in [0.1, 0.15) is 11.6 Å². The van der Waals surface area contributed by atoms with Crippen molar-refractivity contribution in [2.75, 3.05) is 57.4 Å². The molecule has 6 nitrogen and oxygen atoms in total. The number of carbonyl (C=O) groups excluding carboxylic acids is 1. The van der Waals surface area contributed by atoms with Gasteiger partial charge in [0.2, 0.25) is 0 Å². The van der Waals surface area contributed by atoms with Crippen molar-refractivity contribution >= 4 is 11.6 Å². The molecular weight excluding hydrogens is 354 g/mol. The lowest BCUT2D eigenvalue weighted by atomic mass is 10.0. The van der Waals surface area contributed by atoms with E-state index in [9.17, 15) is 9.90 Å². The molecule has 2 aliphatic heterocycles. The first-order valence-corrected chi connectivity index (χ1v) is 10.0. The van der Waals surface area contributed by atoms with Crippen LogP contribution < -0.4 is 9.80 Å². The van der Waals surface area contributed by atoms with Crippen LogP contribution in [0, 0.1) is 0 Å². The van der Waals surface area contributed by atoms with Crippen LogP contribution in [0.15, 0.2) is 54.6 Å². The SMILES string of the molecule is O=C([C@H](c1ccccc1)[NH+]1CCN(c2ccc(O)cc2)CC1)N1CCOCC1. The number of ether oxygens (including phenoxy) is 1. The van der Waals surface area contributed by atoms with Gasteiger partial charge < -0.3 is 24.5 Å². The molecule has 2 fully saturated rings. The number of hydrogen-bond donors (Lipinski definition) is 2. The number of nitrogens with zero attached hydrogens (tertiary/aromatic N) is 2. The van der Waals surface area contributed by atoms with Crippen LogP contribution >= 0.6 is 0 Å². The lowest BCUT2D eigenvalue weighted by molar-refractivity contribution is -0.923. The Balaban J connectivity index is 1.49. The number of phenolic OH excluding ortho intramolecular Hbond substituents is 1. The summed E-state index contributed by atoms with van der Waals surface area (Å²) >= 11 is 0. The molecule has 0 radical (unpaired) electrons. The average molecular weight is 382 g/mol. The zero-order chi connectivity index (χ0) is 19.3. The van der Waals surface area contributed by atoms with Gasteiger partial charge in [0.15, 0.2) is 6.04 Å². The number of piperazine rings is 1. The summed E-state index contributed by atoms with van der Waals surface area (Å²) in [5.41, 5.74) is 2.21. The standard InChI is InChI=1S/C22H27N3O3/c26-20-8-6-19(7-9-20)23-10-12-24(13-11-23)21(18-4-2-1-3-5-18)22(27)25-14-16-28-17-15-25/h1-9,21,26H,10-17H2/p+1/t21-/m0/s1. The Hall–Kier alpha value is -2.57. The van der Waals surface area contributed by atoms with Crippen LogP contribution in [0.25, 0.3) is 0 Å². The van der Waals surface area contributed by atoms with Gasteiger partial charge in [-0.2, -0.15) is 0 Å². The van der Waals surface area contributed by atoms with Crippen LogP contribution in [-0.2, 0) is 9.53 Å². The minimum absolute atomic E-state index is 0.165. The van der Waals surface area contributed by atoms with Crippen molar-refractivity contribution in [3.63, 3.8) is 0 Å². The number of rotatable bonds is 4. The van der Waals surface area contributed by atoms with E-state index in [4.69, 9.17) is 4.74 Å². The van der Waals surface area contributed by atoms with Crippen LogP contribution in [0.2, 0.25) is 0 Å². The van der Waals surface area contributed by atoms with Gasteiger partial charge in [-0.3, -0.25) is 4.79 Å². The molecule has 0 unspecified atom stereocenters. The highest BCUT2D eigenvalue weighted by Gasteiger charge is 2.37. The first-order chi connectivity index (χ1) is 13.7. The van der Waals surface area contributed by atoms with Crippen molar-refractivity contribution < 1.29 is 19.5 Å². The quantitative estimate of drug-likeness (QED) is 0.817. The fourth-order valence-corrected chi connectivity index (χ4v) is 4.17. The summed E-state index contributed by atoms with van der Waals surface area (Å²) in [7, 11) is 0. The number of nitrogens with one attached hydrogen (secondary N) is 1. The molecule has 0 saturated carbocycles. The largest absolute Gasteiger partial charge is 0.508 e. The number of anilines is 1. The summed E-state index contributed by atoms with van der Waals surface area (Å²) < 4.78 is 5.43. The Labute approximate surface area is 165 Å². The molecule has 2 aliphatic rings. The maximum absolute atomic E-state index is 13.4. The molecule has 0 bridgehead atoms. The number of carbonyl (C=O) groups is 1. The van der Waals surface area contributed by atoms with E-state index in [0.29, 0.717) is 26.3 Å². The van der Waals surface area contributed by atoms with Gasteiger partial charge in [-0.25, -0.2) is 0 Å². The zero-order valence-electron chi connectivity index (χ0n) is 16.1. The van der Waals surface area contributed by atoms with Gasteiger partial charge in [0.1, 0.15) is 5.75 Å². The first kappa shape index (κ1) is 18.8. The predicted octanol–water partition coefficient (Wildman–Crippen LogP) is 0.697. The Morgan fingerprint density at radius 1 is 0.929 bits per heavy atom. The molecule has 2 N–H and O–H groups in total. The second-order valence-corrected chi connectivity index (χ2v) is 7.44.